The van der Waals surface area contributed by atoms with Gasteiger partial charge in [0.15, 0.2) is 0 Å². The van der Waals surface area contributed by atoms with Crippen molar-refractivity contribution >= 4 is 27.5 Å². The van der Waals surface area contributed by atoms with Gasteiger partial charge in [0.2, 0.25) is 0 Å². The first kappa shape index (κ1) is 15.3. The molecule has 0 aromatic heterocycles. The number of rotatable bonds is 5. The van der Waals surface area contributed by atoms with E-state index in [9.17, 15) is 0 Å². The number of benzene rings is 1. The average molecular weight is 345 g/mol. The summed E-state index contributed by atoms with van der Waals surface area (Å²) in [6.07, 6.45) is 8.27. The summed E-state index contributed by atoms with van der Waals surface area (Å²) in [5.74, 6) is 0.875. The number of hydrogen-bond acceptors (Lipinski definition) is 1. The molecule has 19 heavy (non-hydrogen) atoms. The van der Waals surface area contributed by atoms with Gasteiger partial charge in [-0.15, -0.1) is 0 Å². The Balaban J connectivity index is 2.07. The third-order valence-corrected chi connectivity index (χ3v) is 5.32. The first-order valence-electron chi connectivity index (χ1n) is 7.39. The zero-order valence-corrected chi connectivity index (χ0v) is 13.9. The third kappa shape index (κ3) is 4.47. The van der Waals surface area contributed by atoms with E-state index in [4.69, 9.17) is 11.6 Å². The van der Waals surface area contributed by atoms with Crippen LogP contribution in [0, 0.1) is 5.92 Å². The summed E-state index contributed by atoms with van der Waals surface area (Å²) in [6.45, 7) is 3.18. The highest BCUT2D eigenvalue weighted by molar-refractivity contribution is 9.10. The van der Waals surface area contributed by atoms with Crippen molar-refractivity contribution in [3.8, 4) is 0 Å². The van der Waals surface area contributed by atoms with Gasteiger partial charge < -0.3 is 5.32 Å². The van der Waals surface area contributed by atoms with Gasteiger partial charge in [-0.1, -0.05) is 56.7 Å². The van der Waals surface area contributed by atoms with E-state index in [0.717, 1.165) is 22.0 Å². The average Bonchev–Trinajstić information content (AvgIpc) is 2.43. The minimum absolute atomic E-state index is 0.443. The largest absolute Gasteiger partial charge is 0.310 e. The van der Waals surface area contributed by atoms with Gasteiger partial charge in [-0.25, -0.2) is 0 Å². The van der Waals surface area contributed by atoms with E-state index < -0.39 is 0 Å². The summed E-state index contributed by atoms with van der Waals surface area (Å²) >= 11 is 9.69. The van der Waals surface area contributed by atoms with Gasteiger partial charge in [0.1, 0.15) is 0 Å². The van der Waals surface area contributed by atoms with Crippen molar-refractivity contribution in [1.82, 2.24) is 5.32 Å². The molecule has 1 saturated carbocycles. The van der Waals surface area contributed by atoms with Crippen LogP contribution in [0.4, 0.5) is 0 Å². The molecule has 0 amide bonds. The van der Waals surface area contributed by atoms with Crippen LogP contribution < -0.4 is 5.32 Å². The molecule has 1 N–H and O–H groups in total. The molecule has 0 radical (unpaired) electrons. The lowest BCUT2D eigenvalue weighted by atomic mass is 9.83. The zero-order valence-electron chi connectivity index (χ0n) is 11.6. The van der Waals surface area contributed by atoms with Gasteiger partial charge >= 0.3 is 0 Å². The van der Waals surface area contributed by atoms with E-state index in [1.54, 1.807) is 0 Å². The van der Waals surface area contributed by atoms with Crippen LogP contribution in [0.5, 0.6) is 0 Å². The predicted molar refractivity (Wildman–Crippen MR) is 86.8 cm³/mol. The Kier molecular flexibility index (Phi) is 6.18. The van der Waals surface area contributed by atoms with Crippen molar-refractivity contribution in [1.29, 1.82) is 0 Å². The predicted octanol–water partition coefficient (Wildman–Crippen LogP) is 5.72. The normalized spacial score (nSPS) is 18.5. The fourth-order valence-corrected chi connectivity index (χ4v) is 3.50. The smallest absolute Gasteiger partial charge is 0.0551 e. The Hall–Kier alpha value is -0.0500. The maximum Gasteiger partial charge on any atom is 0.0551 e. The lowest BCUT2D eigenvalue weighted by Crippen LogP contribution is -2.24. The van der Waals surface area contributed by atoms with E-state index in [1.165, 1.54) is 44.1 Å². The molecule has 106 valence electrons. The van der Waals surface area contributed by atoms with Crippen LogP contribution in [0.3, 0.4) is 0 Å². The van der Waals surface area contributed by atoms with Crippen molar-refractivity contribution in [3.05, 3.63) is 33.3 Å². The highest BCUT2D eigenvalue weighted by Crippen LogP contribution is 2.33. The molecular formula is C16H23BrClN. The van der Waals surface area contributed by atoms with E-state index in [0.29, 0.717) is 6.04 Å². The molecule has 0 heterocycles. The van der Waals surface area contributed by atoms with Crippen LogP contribution in [0.15, 0.2) is 22.7 Å². The molecule has 1 fully saturated rings. The monoisotopic (exact) mass is 343 g/mol. The second-order valence-electron chi connectivity index (χ2n) is 5.52. The molecule has 0 aliphatic heterocycles. The molecule has 1 atom stereocenters. The summed E-state index contributed by atoms with van der Waals surface area (Å²) in [5, 5.41) is 4.43. The SMILES string of the molecule is CCNC(CC1CCCCC1)c1ccc(Br)c(Cl)c1. The highest BCUT2D eigenvalue weighted by atomic mass is 79.9. The fourth-order valence-electron chi connectivity index (χ4n) is 3.07. The standard InChI is InChI=1S/C16H23BrClN/c1-2-19-16(10-12-6-4-3-5-7-12)13-8-9-14(17)15(18)11-13/h8-9,11-12,16,19H,2-7,10H2,1H3. The van der Waals surface area contributed by atoms with Gasteiger partial charge in [-0.05, 0) is 52.5 Å². The first-order chi connectivity index (χ1) is 9.20. The third-order valence-electron chi connectivity index (χ3n) is 4.09. The summed E-state index contributed by atoms with van der Waals surface area (Å²) in [7, 11) is 0. The summed E-state index contributed by atoms with van der Waals surface area (Å²) in [4.78, 5) is 0. The van der Waals surface area contributed by atoms with Crippen molar-refractivity contribution in [2.75, 3.05) is 6.54 Å². The minimum atomic E-state index is 0.443. The Morgan fingerprint density at radius 1 is 1.32 bits per heavy atom. The topological polar surface area (TPSA) is 12.0 Å². The van der Waals surface area contributed by atoms with Crippen molar-refractivity contribution in [3.63, 3.8) is 0 Å². The van der Waals surface area contributed by atoms with E-state index in [1.807, 2.05) is 0 Å². The molecule has 0 saturated heterocycles. The Morgan fingerprint density at radius 2 is 2.05 bits per heavy atom. The molecule has 1 aliphatic carbocycles. The summed E-state index contributed by atoms with van der Waals surface area (Å²) < 4.78 is 0.978. The van der Waals surface area contributed by atoms with Crippen LogP contribution in [0.1, 0.15) is 57.1 Å². The van der Waals surface area contributed by atoms with Crippen LogP contribution in [0.25, 0.3) is 0 Å². The molecule has 1 aromatic carbocycles. The minimum Gasteiger partial charge on any atom is -0.310 e. The van der Waals surface area contributed by atoms with Crippen molar-refractivity contribution in [2.45, 2.75) is 51.5 Å². The van der Waals surface area contributed by atoms with Crippen LogP contribution in [-0.2, 0) is 0 Å². The molecule has 1 aliphatic rings. The van der Waals surface area contributed by atoms with Crippen molar-refractivity contribution in [2.24, 2.45) is 5.92 Å². The second kappa shape index (κ2) is 7.66. The fraction of sp³-hybridized carbons (Fsp3) is 0.625. The molecule has 0 bridgehead atoms. The number of nitrogens with one attached hydrogen (secondary N) is 1. The Bertz CT molecular complexity index is 402. The molecule has 1 nitrogen and oxygen atoms in total. The molecular weight excluding hydrogens is 322 g/mol. The Labute approximate surface area is 130 Å². The van der Waals surface area contributed by atoms with Gasteiger partial charge in [0.05, 0.1) is 5.02 Å². The molecule has 1 unspecified atom stereocenters. The highest BCUT2D eigenvalue weighted by Gasteiger charge is 2.20. The second-order valence-corrected chi connectivity index (χ2v) is 6.79. The summed E-state index contributed by atoms with van der Waals surface area (Å²) in [6, 6.07) is 6.79. The number of halogens is 2. The van der Waals surface area contributed by atoms with Gasteiger partial charge in [0, 0.05) is 10.5 Å². The van der Waals surface area contributed by atoms with Crippen molar-refractivity contribution < 1.29 is 0 Å². The summed E-state index contributed by atoms with van der Waals surface area (Å²) in [5.41, 5.74) is 1.32. The molecule has 0 spiro atoms. The van der Waals surface area contributed by atoms with Gasteiger partial charge in [-0.2, -0.15) is 0 Å². The van der Waals surface area contributed by atoms with Crippen LogP contribution in [0.2, 0.25) is 5.02 Å². The van der Waals surface area contributed by atoms with E-state index in [-0.39, 0.29) is 0 Å². The van der Waals surface area contributed by atoms with Gasteiger partial charge in [-0.3, -0.25) is 0 Å². The number of hydrogen-bond donors (Lipinski definition) is 1. The Morgan fingerprint density at radius 3 is 2.68 bits per heavy atom. The maximum absolute atomic E-state index is 6.23. The molecule has 1 aromatic rings. The van der Waals surface area contributed by atoms with E-state index >= 15 is 0 Å². The quantitative estimate of drug-likeness (QED) is 0.720. The lowest BCUT2D eigenvalue weighted by Gasteiger charge is -2.27. The van der Waals surface area contributed by atoms with Crippen LogP contribution >= 0.6 is 27.5 Å². The van der Waals surface area contributed by atoms with Gasteiger partial charge in [0.25, 0.3) is 0 Å². The van der Waals surface area contributed by atoms with E-state index in [2.05, 4.69) is 46.4 Å². The zero-order chi connectivity index (χ0) is 13.7. The lowest BCUT2D eigenvalue weighted by molar-refractivity contribution is 0.301. The molecule has 3 heteroatoms. The maximum atomic E-state index is 6.23. The molecule has 2 rings (SSSR count). The van der Waals surface area contributed by atoms with Crippen LogP contribution in [-0.4, -0.2) is 6.54 Å². The first-order valence-corrected chi connectivity index (χ1v) is 8.56.